The number of hydrogen-bond acceptors (Lipinski definition) is 5. The summed E-state index contributed by atoms with van der Waals surface area (Å²) in [5, 5.41) is 15.5. The van der Waals surface area contributed by atoms with E-state index in [0.29, 0.717) is 21.3 Å². The van der Waals surface area contributed by atoms with E-state index in [-0.39, 0.29) is 17.1 Å². The summed E-state index contributed by atoms with van der Waals surface area (Å²) in [4.78, 5) is 26.2. The van der Waals surface area contributed by atoms with E-state index in [9.17, 15) is 27.9 Å². The number of carboxylic acid groups (broad SMARTS) is 1. The highest BCUT2D eigenvalue weighted by molar-refractivity contribution is 7.19. The van der Waals surface area contributed by atoms with Crippen LogP contribution in [-0.4, -0.2) is 21.3 Å². The fourth-order valence-electron chi connectivity index (χ4n) is 3.05. The number of nitrogens with one attached hydrogen (secondary N) is 1. The van der Waals surface area contributed by atoms with Crippen LogP contribution >= 0.6 is 11.3 Å². The van der Waals surface area contributed by atoms with Crippen molar-refractivity contribution in [2.24, 2.45) is 0 Å². The van der Waals surface area contributed by atoms with E-state index in [1.54, 1.807) is 6.07 Å². The fourth-order valence-corrected chi connectivity index (χ4v) is 4.07. The van der Waals surface area contributed by atoms with Gasteiger partial charge in [-0.25, -0.2) is 4.98 Å². The molecular weight excluding hydrogens is 407 g/mol. The van der Waals surface area contributed by atoms with Crippen LogP contribution in [0, 0.1) is 0 Å². The van der Waals surface area contributed by atoms with Gasteiger partial charge in [0, 0.05) is 0 Å². The van der Waals surface area contributed by atoms with Gasteiger partial charge in [-0.3, -0.25) is 9.20 Å². The van der Waals surface area contributed by atoms with Gasteiger partial charge in [-0.1, -0.05) is 42.5 Å². The summed E-state index contributed by atoms with van der Waals surface area (Å²) in [7, 11) is 0. The Balaban J connectivity index is 1.61. The maximum atomic E-state index is 13.2. The topological polar surface area (TPSA) is 86.5 Å². The van der Waals surface area contributed by atoms with Gasteiger partial charge < -0.3 is 15.2 Å². The Morgan fingerprint density at radius 2 is 1.86 bits per heavy atom. The van der Waals surface area contributed by atoms with Crippen LogP contribution in [0.25, 0.3) is 15.6 Å². The van der Waals surface area contributed by atoms with Crippen LogP contribution in [0.3, 0.4) is 0 Å². The Morgan fingerprint density at radius 3 is 2.55 bits per heavy atom. The smallest absolute Gasteiger partial charge is 0.433 e. The van der Waals surface area contributed by atoms with Crippen LogP contribution in [0.2, 0.25) is 0 Å². The van der Waals surface area contributed by atoms with Crippen LogP contribution in [0.4, 0.5) is 19.0 Å². The predicted octanol–water partition coefficient (Wildman–Crippen LogP) is 3.11. The molecule has 4 aromatic rings. The van der Waals surface area contributed by atoms with Crippen LogP contribution in [0.1, 0.15) is 20.9 Å². The van der Waals surface area contributed by atoms with Crippen molar-refractivity contribution in [1.29, 1.82) is 0 Å². The number of rotatable bonds is 4. The number of thiazole rings is 1. The lowest BCUT2D eigenvalue weighted by atomic mass is 10.1. The average Bonchev–Trinajstić information content (AvgIpc) is 3.21. The molecule has 0 saturated carbocycles. The van der Waals surface area contributed by atoms with Crippen LogP contribution in [-0.2, 0) is 17.4 Å². The first-order valence-electron chi connectivity index (χ1n) is 8.30. The minimum Gasteiger partial charge on any atom is -0.544 e. The number of anilines is 1. The molecule has 0 aliphatic carbocycles. The Bertz CT molecular complexity index is 1260. The standard InChI is InChI=1S/C19H12F3N3O3S/c20-19(21,22)15-14(18(27)28)29-17-16(23-9-25(15)17)24-13(26)8-10-5-6-11-3-1-2-4-12(11)7-10/h1-7,9H,8H2,(H,24,26)(H,27,28)/p-1. The van der Waals surface area contributed by atoms with Crippen molar-refractivity contribution in [2.45, 2.75) is 12.6 Å². The van der Waals surface area contributed by atoms with Crippen molar-refractivity contribution in [3.63, 3.8) is 0 Å². The van der Waals surface area contributed by atoms with Gasteiger partial charge in [0.15, 0.2) is 5.82 Å². The zero-order valence-corrected chi connectivity index (χ0v) is 15.3. The lowest BCUT2D eigenvalue weighted by Crippen LogP contribution is -2.25. The predicted molar refractivity (Wildman–Crippen MR) is 98.7 cm³/mol. The zero-order chi connectivity index (χ0) is 20.8. The molecule has 0 radical (unpaired) electrons. The third-order valence-corrected chi connectivity index (χ3v) is 5.42. The van der Waals surface area contributed by atoms with Crippen molar-refractivity contribution in [3.8, 4) is 0 Å². The summed E-state index contributed by atoms with van der Waals surface area (Å²) < 4.78 is 40.3. The molecule has 2 aromatic carbocycles. The van der Waals surface area contributed by atoms with Crippen LogP contribution in [0.5, 0.6) is 0 Å². The summed E-state index contributed by atoms with van der Waals surface area (Å²) in [6.07, 6.45) is -4.11. The van der Waals surface area contributed by atoms with E-state index in [2.05, 4.69) is 10.3 Å². The molecule has 2 aromatic heterocycles. The second kappa shape index (κ2) is 6.89. The third kappa shape index (κ3) is 3.54. The van der Waals surface area contributed by atoms with Crippen molar-refractivity contribution in [1.82, 2.24) is 9.38 Å². The molecular formula is C19H11F3N3O3S-. The second-order valence-electron chi connectivity index (χ2n) is 6.24. The number of halogens is 3. The number of benzene rings is 2. The minimum atomic E-state index is -4.92. The molecule has 1 amide bonds. The average molecular weight is 418 g/mol. The minimum absolute atomic E-state index is 0.0191. The Kier molecular flexibility index (Phi) is 4.50. The molecule has 10 heteroatoms. The number of imidazole rings is 1. The third-order valence-electron chi connectivity index (χ3n) is 4.27. The van der Waals surface area contributed by atoms with E-state index < -0.39 is 28.6 Å². The van der Waals surface area contributed by atoms with E-state index in [1.807, 2.05) is 36.4 Å². The molecule has 0 aliphatic rings. The number of aromatic carboxylic acids is 1. The van der Waals surface area contributed by atoms with E-state index in [0.717, 1.165) is 17.1 Å². The van der Waals surface area contributed by atoms with E-state index in [4.69, 9.17) is 0 Å². The molecule has 0 atom stereocenters. The molecule has 148 valence electrons. The normalized spacial score (nSPS) is 11.8. The number of amides is 1. The first kappa shape index (κ1) is 18.9. The highest BCUT2D eigenvalue weighted by Gasteiger charge is 2.39. The lowest BCUT2D eigenvalue weighted by molar-refractivity contribution is -0.255. The highest BCUT2D eigenvalue weighted by Crippen LogP contribution is 2.38. The lowest BCUT2D eigenvalue weighted by Gasteiger charge is -2.08. The SMILES string of the molecule is O=C(Cc1ccc2ccccc2c1)Nc1ncn2c(C(F)(F)F)c(C(=O)[O-])sc12. The maximum absolute atomic E-state index is 13.2. The monoisotopic (exact) mass is 418 g/mol. The van der Waals surface area contributed by atoms with Crippen molar-refractivity contribution < 1.29 is 27.9 Å². The fraction of sp³-hybridized carbons (Fsp3) is 0.105. The van der Waals surface area contributed by atoms with Gasteiger partial charge in [-0.15, -0.1) is 11.3 Å². The first-order chi connectivity index (χ1) is 13.7. The molecule has 0 bridgehead atoms. The zero-order valence-electron chi connectivity index (χ0n) is 14.5. The number of alkyl halides is 3. The first-order valence-corrected chi connectivity index (χ1v) is 9.11. The van der Waals surface area contributed by atoms with Crippen molar-refractivity contribution in [2.75, 3.05) is 5.32 Å². The van der Waals surface area contributed by atoms with Crippen molar-refractivity contribution in [3.05, 3.63) is 64.9 Å². The number of fused-ring (bicyclic) bond motifs is 2. The highest BCUT2D eigenvalue weighted by atomic mass is 32.1. The van der Waals surface area contributed by atoms with Gasteiger partial charge in [-0.05, 0) is 16.3 Å². The van der Waals surface area contributed by atoms with Gasteiger partial charge >= 0.3 is 6.18 Å². The number of carbonyl (C=O) groups is 2. The van der Waals surface area contributed by atoms with Gasteiger partial charge in [0.05, 0.1) is 17.3 Å². The van der Waals surface area contributed by atoms with Crippen molar-refractivity contribution >= 4 is 44.6 Å². The number of hydrogen-bond donors (Lipinski definition) is 1. The van der Waals surface area contributed by atoms with E-state index >= 15 is 0 Å². The second-order valence-corrected chi connectivity index (χ2v) is 7.24. The number of carbonyl (C=O) groups excluding carboxylic acids is 2. The molecule has 0 spiro atoms. The molecule has 0 unspecified atom stereocenters. The quantitative estimate of drug-likeness (QED) is 0.552. The van der Waals surface area contributed by atoms with E-state index in [1.165, 1.54) is 0 Å². The molecule has 29 heavy (non-hydrogen) atoms. The number of nitrogens with zero attached hydrogens (tertiary/aromatic N) is 2. The molecule has 0 saturated heterocycles. The van der Waals surface area contributed by atoms with Gasteiger partial charge in [0.2, 0.25) is 5.91 Å². The Labute approximate surface area is 165 Å². The number of carboxylic acids is 1. The maximum Gasteiger partial charge on any atom is 0.433 e. The molecule has 2 heterocycles. The Morgan fingerprint density at radius 1 is 1.14 bits per heavy atom. The largest absolute Gasteiger partial charge is 0.544 e. The van der Waals surface area contributed by atoms with Gasteiger partial charge in [0.1, 0.15) is 16.9 Å². The summed E-state index contributed by atoms with van der Waals surface area (Å²) in [6, 6.07) is 13.1. The van der Waals surface area contributed by atoms with Gasteiger partial charge in [-0.2, -0.15) is 13.2 Å². The summed E-state index contributed by atoms with van der Waals surface area (Å²) in [6.45, 7) is 0. The molecule has 0 fully saturated rings. The Hall–Kier alpha value is -3.40. The van der Waals surface area contributed by atoms with Crippen LogP contribution < -0.4 is 10.4 Å². The molecule has 6 nitrogen and oxygen atoms in total. The summed E-state index contributed by atoms with van der Waals surface area (Å²) >= 11 is 0.346. The summed E-state index contributed by atoms with van der Waals surface area (Å²) in [5.41, 5.74) is -0.672. The summed E-state index contributed by atoms with van der Waals surface area (Å²) in [5.74, 6) is -2.57. The van der Waals surface area contributed by atoms with Gasteiger partial charge in [0.25, 0.3) is 0 Å². The number of aromatic nitrogens is 2. The van der Waals surface area contributed by atoms with Crippen LogP contribution in [0.15, 0.2) is 48.8 Å². The molecule has 0 aliphatic heterocycles. The molecule has 1 N–H and O–H groups in total. The molecule has 4 rings (SSSR count).